The van der Waals surface area contributed by atoms with Gasteiger partial charge in [-0.3, -0.25) is 0 Å². The van der Waals surface area contributed by atoms with E-state index in [0.717, 1.165) is 0 Å². The maximum atomic E-state index is 11.7. The molecule has 0 saturated carbocycles. The number of fused-ring (bicyclic) bond motifs is 1. The monoisotopic (exact) mass is 265 g/mol. The lowest BCUT2D eigenvalue weighted by Gasteiger charge is -2.04. The van der Waals surface area contributed by atoms with Crippen LogP contribution in [0, 0.1) is 0 Å². The molecular weight excluding hydrogens is 254 g/mol. The summed E-state index contributed by atoms with van der Waals surface area (Å²) in [6.45, 7) is 1.84. The van der Waals surface area contributed by atoms with Crippen LogP contribution in [0.15, 0.2) is 21.5 Å². The molecule has 2 aromatic rings. The summed E-state index contributed by atoms with van der Waals surface area (Å²) in [7, 11) is 1.20. The number of carbonyl (C=O) groups is 2. The highest BCUT2D eigenvalue weighted by molar-refractivity contribution is 6.06. The van der Waals surface area contributed by atoms with Crippen molar-refractivity contribution < 1.29 is 23.6 Å². The van der Waals surface area contributed by atoms with Crippen LogP contribution in [0.1, 0.15) is 27.6 Å². The molecule has 0 radical (unpaired) electrons. The third-order valence-electron chi connectivity index (χ3n) is 2.52. The molecular formula is C12H11NO6. The Hall–Kier alpha value is -2.57. The van der Waals surface area contributed by atoms with Gasteiger partial charge in [-0.25, -0.2) is 19.5 Å². The Morgan fingerprint density at radius 1 is 1.32 bits per heavy atom. The van der Waals surface area contributed by atoms with Gasteiger partial charge in [-0.1, -0.05) is 0 Å². The van der Waals surface area contributed by atoms with Gasteiger partial charge in [-0.15, -0.1) is 0 Å². The van der Waals surface area contributed by atoms with E-state index in [1.165, 1.54) is 19.2 Å². The largest absolute Gasteiger partial charge is 0.465 e. The van der Waals surface area contributed by atoms with E-state index in [1.807, 2.05) is 0 Å². The number of benzene rings is 1. The number of hydrogen-bond acceptors (Lipinski definition) is 6. The molecule has 0 spiro atoms. The lowest BCUT2D eigenvalue weighted by Crippen LogP contribution is -2.09. The minimum atomic E-state index is -0.687. The lowest BCUT2D eigenvalue weighted by molar-refractivity contribution is 0.0526. The van der Waals surface area contributed by atoms with E-state index in [2.05, 4.69) is 14.4 Å². The minimum absolute atomic E-state index is 0.0360. The van der Waals surface area contributed by atoms with E-state index in [9.17, 15) is 14.4 Å². The van der Waals surface area contributed by atoms with Crippen LogP contribution in [0.2, 0.25) is 0 Å². The molecule has 0 unspecified atom stereocenters. The first kappa shape index (κ1) is 12.9. The number of nitrogens with one attached hydrogen (secondary N) is 1. The molecule has 1 heterocycles. The van der Waals surface area contributed by atoms with Gasteiger partial charge < -0.3 is 14.0 Å². The van der Waals surface area contributed by atoms with Crippen molar-refractivity contribution in [3.63, 3.8) is 0 Å². The molecule has 0 atom stereocenters. The smallest absolute Gasteiger partial charge is 0.365 e. The first-order valence-corrected chi connectivity index (χ1v) is 5.49. The van der Waals surface area contributed by atoms with Crippen LogP contribution in [0.25, 0.3) is 10.9 Å². The van der Waals surface area contributed by atoms with Crippen LogP contribution in [0.5, 0.6) is 0 Å². The van der Waals surface area contributed by atoms with Gasteiger partial charge in [0.2, 0.25) is 0 Å². The predicted molar refractivity (Wildman–Crippen MR) is 64.1 cm³/mol. The van der Waals surface area contributed by atoms with Gasteiger partial charge in [-0.05, 0) is 19.1 Å². The zero-order valence-electron chi connectivity index (χ0n) is 10.3. The van der Waals surface area contributed by atoms with Crippen LogP contribution < -0.4 is 5.63 Å². The molecule has 0 aliphatic heterocycles. The highest BCUT2D eigenvalue weighted by Crippen LogP contribution is 2.18. The van der Waals surface area contributed by atoms with Gasteiger partial charge in [0.25, 0.3) is 0 Å². The highest BCUT2D eigenvalue weighted by Gasteiger charge is 2.19. The van der Waals surface area contributed by atoms with Crippen LogP contribution in [-0.2, 0) is 9.47 Å². The molecule has 2 rings (SSSR count). The lowest BCUT2D eigenvalue weighted by atomic mass is 10.1. The number of esters is 2. The van der Waals surface area contributed by atoms with Crippen molar-refractivity contribution >= 4 is 22.8 Å². The van der Waals surface area contributed by atoms with Crippen molar-refractivity contribution in [2.75, 3.05) is 13.7 Å². The van der Waals surface area contributed by atoms with E-state index >= 15 is 0 Å². The normalized spacial score (nSPS) is 10.4. The molecule has 19 heavy (non-hydrogen) atoms. The third-order valence-corrected chi connectivity index (χ3v) is 2.52. The van der Waals surface area contributed by atoms with Gasteiger partial charge in [0, 0.05) is 0 Å². The summed E-state index contributed by atoms with van der Waals surface area (Å²) in [5, 5.41) is 2.42. The number of H-pyrrole nitrogens is 1. The number of carbonyl (C=O) groups excluding carboxylic acids is 2. The summed E-state index contributed by atoms with van der Waals surface area (Å²) >= 11 is 0. The first-order valence-electron chi connectivity index (χ1n) is 5.49. The molecule has 0 amide bonds. The summed E-state index contributed by atoms with van der Waals surface area (Å²) in [4.78, 5) is 34.8. The van der Waals surface area contributed by atoms with Gasteiger partial charge >= 0.3 is 17.6 Å². The molecule has 7 heteroatoms. The molecule has 1 N–H and O–H groups in total. The molecule has 1 aromatic heterocycles. The summed E-state index contributed by atoms with van der Waals surface area (Å²) in [5.74, 6) is -1.32. The van der Waals surface area contributed by atoms with Crippen LogP contribution in [0.4, 0.5) is 0 Å². The van der Waals surface area contributed by atoms with E-state index in [0.29, 0.717) is 0 Å². The van der Waals surface area contributed by atoms with Gasteiger partial charge in [-0.2, -0.15) is 0 Å². The summed E-state index contributed by atoms with van der Waals surface area (Å²) in [6, 6.07) is 2.60. The fourth-order valence-corrected chi connectivity index (χ4v) is 1.67. The first-order chi connectivity index (χ1) is 9.08. The second-order valence-corrected chi connectivity index (χ2v) is 3.65. The number of hydrogen-bond donors (Lipinski definition) is 1. The van der Waals surface area contributed by atoms with Crippen molar-refractivity contribution in [3.8, 4) is 0 Å². The van der Waals surface area contributed by atoms with Crippen molar-refractivity contribution in [2.24, 2.45) is 0 Å². The third kappa shape index (κ3) is 2.22. The van der Waals surface area contributed by atoms with Gasteiger partial charge in [0.05, 0.1) is 30.2 Å². The molecule has 7 nitrogen and oxygen atoms in total. The van der Waals surface area contributed by atoms with E-state index in [1.54, 1.807) is 6.92 Å². The number of aromatic amines is 1. The molecule has 0 aliphatic carbocycles. The van der Waals surface area contributed by atoms with Gasteiger partial charge in [0.1, 0.15) is 5.52 Å². The Kier molecular flexibility index (Phi) is 3.37. The van der Waals surface area contributed by atoms with Gasteiger partial charge in [0.15, 0.2) is 0 Å². The predicted octanol–water partition coefficient (Wildman–Crippen LogP) is 1.08. The second kappa shape index (κ2) is 4.97. The summed E-state index contributed by atoms with van der Waals surface area (Å²) in [5.41, 5.74) is -0.369. The summed E-state index contributed by atoms with van der Waals surface area (Å²) in [6.07, 6.45) is 0. The second-order valence-electron chi connectivity index (χ2n) is 3.65. The van der Waals surface area contributed by atoms with Crippen molar-refractivity contribution in [1.82, 2.24) is 5.16 Å². The average molecular weight is 265 g/mol. The van der Waals surface area contributed by atoms with E-state index < -0.39 is 17.6 Å². The minimum Gasteiger partial charge on any atom is -0.465 e. The summed E-state index contributed by atoms with van der Waals surface area (Å²) < 4.78 is 14.0. The topological polar surface area (TPSA) is 98.6 Å². The van der Waals surface area contributed by atoms with Crippen LogP contribution >= 0.6 is 0 Å². The SMILES string of the molecule is CCOC(=O)c1cc(C(=O)OC)c2[nH]oc(=O)c2c1. The Labute approximate surface area is 107 Å². The van der Waals surface area contributed by atoms with Crippen LogP contribution in [0.3, 0.4) is 0 Å². The van der Waals surface area contributed by atoms with Crippen LogP contribution in [-0.4, -0.2) is 30.8 Å². The number of aromatic nitrogens is 1. The molecule has 100 valence electrons. The number of ether oxygens (including phenoxy) is 2. The number of methoxy groups -OCH3 is 1. The van der Waals surface area contributed by atoms with E-state index in [-0.39, 0.29) is 28.6 Å². The van der Waals surface area contributed by atoms with Crippen molar-refractivity contribution in [2.45, 2.75) is 6.92 Å². The maximum Gasteiger partial charge on any atom is 0.365 e. The molecule has 1 aromatic carbocycles. The Bertz CT molecular complexity index is 696. The Morgan fingerprint density at radius 2 is 2.05 bits per heavy atom. The Balaban J connectivity index is 2.68. The maximum absolute atomic E-state index is 11.7. The van der Waals surface area contributed by atoms with Crippen molar-refractivity contribution in [3.05, 3.63) is 33.7 Å². The fourth-order valence-electron chi connectivity index (χ4n) is 1.67. The quantitative estimate of drug-likeness (QED) is 0.834. The molecule has 0 saturated heterocycles. The standard InChI is InChI=1S/C12H11NO6/c1-3-18-10(14)6-4-7(11(15)17-2)9-8(5-6)12(16)19-13-9/h4-5,13H,3H2,1-2H3. The number of rotatable bonds is 3. The molecule has 0 aliphatic rings. The van der Waals surface area contributed by atoms with Crippen molar-refractivity contribution in [1.29, 1.82) is 0 Å². The molecule has 0 fully saturated rings. The Morgan fingerprint density at radius 3 is 2.68 bits per heavy atom. The highest BCUT2D eigenvalue weighted by atomic mass is 16.5. The zero-order valence-corrected chi connectivity index (χ0v) is 10.3. The fraction of sp³-hybridized carbons (Fsp3) is 0.250. The molecule has 0 bridgehead atoms. The zero-order chi connectivity index (χ0) is 14.0. The average Bonchev–Trinajstić information content (AvgIpc) is 2.79. The van der Waals surface area contributed by atoms with E-state index in [4.69, 9.17) is 4.74 Å².